The SMILES string of the molecule is COc1ccc(S(=O)(=O)N2CCC(c3cccs3)S(=O)(=O)CC2)cc1OC. The molecule has 1 fully saturated rings. The van der Waals surface area contributed by atoms with E-state index in [9.17, 15) is 16.8 Å². The molecular weight excluding hydrogens is 410 g/mol. The van der Waals surface area contributed by atoms with Crippen molar-refractivity contribution < 1.29 is 26.3 Å². The van der Waals surface area contributed by atoms with Crippen LogP contribution >= 0.6 is 11.3 Å². The van der Waals surface area contributed by atoms with Crippen LogP contribution in [0.3, 0.4) is 0 Å². The summed E-state index contributed by atoms with van der Waals surface area (Å²) >= 11 is 1.38. The molecule has 7 nitrogen and oxygen atoms in total. The van der Waals surface area contributed by atoms with Crippen molar-refractivity contribution in [1.82, 2.24) is 4.31 Å². The largest absolute Gasteiger partial charge is 0.493 e. The number of hydrogen-bond donors (Lipinski definition) is 0. The second-order valence-electron chi connectivity index (χ2n) is 6.08. The Kier molecular flexibility index (Phi) is 5.80. The van der Waals surface area contributed by atoms with Crippen LogP contribution in [0.4, 0.5) is 0 Å². The molecule has 1 aliphatic heterocycles. The zero-order valence-electron chi connectivity index (χ0n) is 15.0. The second kappa shape index (κ2) is 7.78. The Morgan fingerprint density at radius 1 is 1.11 bits per heavy atom. The fourth-order valence-corrected chi connectivity index (χ4v) is 7.68. The summed E-state index contributed by atoms with van der Waals surface area (Å²) in [6.45, 7) is 0.0688. The fraction of sp³-hybridized carbons (Fsp3) is 0.412. The van der Waals surface area contributed by atoms with Gasteiger partial charge in [0.15, 0.2) is 21.3 Å². The van der Waals surface area contributed by atoms with E-state index < -0.39 is 25.1 Å². The van der Waals surface area contributed by atoms with Crippen LogP contribution in [0.1, 0.15) is 16.5 Å². The number of sulfonamides is 1. The van der Waals surface area contributed by atoms with Crippen molar-refractivity contribution in [3.63, 3.8) is 0 Å². The van der Waals surface area contributed by atoms with E-state index in [1.54, 1.807) is 12.1 Å². The van der Waals surface area contributed by atoms with Crippen molar-refractivity contribution in [1.29, 1.82) is 0 Å². The van der Waals surface area contributed by atoms with Crippen LogP contribution in [-0.2, 0) is 19.9 Å². The van der Waals surface area contributed by atoms with Gasteiger partial charge in [0.1, 0.15) is 0 Å². The van der Waals surface area contributed by atoms with E-state index in [0.29, 0.717) is 11.5 Å². The molecule has 0 N–H and O–H groups in total. The average molecular weight is 432 g/mol. The number of nitrogens with zero attached hydrogens (tertiary/aromatic N) is 1. The Balaban J connectivity index is 1.90. The summed E-state index contributed by atoms with van der Waals surface area (Å²) in [6, 6.07) is 7.94. The maximum absolute atomic E-state index is 13.0. The quantitative estimate of drug-likeness (QED) is 0.722. The first-order valence-corrected chi connectivity index (χ1v) is 12.3. The van der Waals surface area contributed by atoms with E-state index in [2.05, 4.69) is 0 Å². The Bertz CT molecular complexity index is 999. The van der Waals surface area contributed by atoms with Crippen LogP contribution in [0.25, 0.3) is 0 Å². The smallest absolute Gasteiger partial charge is 0.243 e. The highest BCUT2D eigenvalue weighted by atomic mass is 32.2. The molecule has 1 unspecified atom stereocenters. The molecule has 1 atom stereocenters. The number of thiophene rings is 1. The molecule has 0 saturated carbocycles. The van der Waals surface area contributed by atoms with Gasteiger partial charge in [0, 0.05) is 24.0 Å². The summed E-state index contributed by atoms with van der Waals surface area (Å²) in [5.41, 5.74) is 0. The van der Waals surface area contributed by atoms with Gasteiger partial charge in [-0.2, -0.15) is 4.31 Å². The molecule has 0 radical (unpaired) electrons. The molecule has 0 amide bonds. The van der Waals surface area contributed by atoms with Gasteiger partial charge in [-0.1, -0.05) is 6.07 Å². The highest BCUT2D eigenvalue weighted by Gasteiger charge is 2.36. The minimum Gasteiger partial charge on any atom is -0.493 e. The van der Waals surface area contributed by atoms with Crippen LogP contribution < -0.4 is 9.47 Å². The lowest BCUT2D eigenvalue weighted by Gasteiger charge is -2.20. The lowest BCUT2D eigenvalue weighted by Crippen LogP contribution is -2.33. The topological polar surface area (TPSA) is 90.0 Å². The Morgan fingerprint density at radius 2 is 1.85 bits per heavy atom. The summed E-state index contributed by atoms with van der Waals surface area (Å²) < 4.78 is 62.9. The van der Waals surface area contributed by atoms with Crippen LogP contribution in [0.15, 0.2) is 40.6 Å². The molecule has 3 rings (SSSR count). The van der Waals surface area contributed by atoms with Gasteiger partial charge in [0.05, 0.1) is 30.1 Å². The number of sulfone groups is 1. The van der Waals surface area contributed by atoms with Crippen molar-refractivity contribution in [2.24, 2.45) is 0 Å². The van der Waals surface area contributed by atoms with Crippen molar-refractivity contribution in [2.45, 2.75) is 16.6 Å². The summed E-state index contributed by atoms with van der Waals surface area (Å²) in [5.74, 6) is 0.521. The monoisotopic (exact) mass is 431 g/mol. The minimum atomic E-state index is -3.85. The van der Waals surface area contributed by atoms with Crippen LogP contribution in [0, 0.1) is 0 Å². The third kappa shape index (κ3) is 3.98. The molecule has 1 saturated heterocycles. The fourth-order valence-electron chi connectivity index (χ4n) is 3.08. The predicted molar refractivity (Wildman–Crippen MR) is 104 cm³/mol. The lowest BCUT2D eigenvalue weighted by molar-refractivity contribution is 0.353. The minimum absolute atomic E-state index is 0.0483. The van der Waals surface area contributed by atoms with Gasteiger partial charge in [0.2, 0.25) is 10.0 Å². The third-order valence-electron chi connectivity index (χ3n) is 4.55. The van der Waals surface area contributed by atoms with Gasteiger partial charge < -0.3 is 9.47 Å². The molecule has 1 aliphatic rings. The van der Waals surface area contributed by atoms with Crippen molar-refractivity contribution in [3.05, 3.63) is 40.6 Å². The standard InChI is InChI=1S/C17H21NO6S3/c1-23-14-6-5-13(12-15(14)24-2)27(21,22)18-8-7-17(16-4-3-10-25-16)26(19,20)11-9-18/h3-6,10,12,17H,7-9,11H2,1-2H3. The molecule has 0 aliphatic carbocycles. The average Bonchev–Trinajstić information content (AvgIpc) is 3.11. The molecule has 2 aromatic rings. The van der Waals surface area contributed by atoms with Crippen LogP contribution in [0.5, 0.6) is 11.5 Å². The van der Waals surface area contributed by atoms with E-state index in [-0.39, 0.29) is 30.2 Å². The van der Waals surface area contributed by atoms with Crippen LogP contribution in [0.2, 0.25) is 0 Å². The molecule has 0 spiro atoms. The maximum atomic E-state index is 13.0. The maximum Gasteiger partial charge on any atom is 0.243 e. The van der Waals surface area contributed by atoms with Gasteiger partial charge in [-0.25, -0.2) is 16.8 Å². The van der Waals surface area contributed by atoms with E-state index >= 15 is 0 Å². The number of methoxy groups -OCH3 is 2. The van der Waals surface area contributed by atoms with Crippen LogP contribution in [-0.4, -0.2) is 54.2 Å². The second-order valence-corrected chi connectivity index (χ2v) is 11.3. The molecule has 27 heavy (non-hydrogen) atoms. The molecular formula is C17H21NO6S3. The van der Waals surface area contributed by atoms with E-state index in [1.165, 1.54) is 48.1 Å². The van der Waals surface area contributed by atoms with Crippen molar-refractivity contribution in [2.75, 3.05) is 33.1 Å². The first kappa shape index (κ1) is 20.1. The van der Waals surface area contributed by atoms with Gasteiger partial charge in [-0.3, -0.25) is 0 Å². The van der Waals surface area contributed by atoms with Gasteiger partial charge in [0.25, 0.3) is 0 Å². The van der Waals surface area contributed by atoms with E-state index in [1.807, 2.05) is 5.38 Å². The van der Waals surface area contributed by atoms with Gasteiger partial charge >= 0.3 is 0 Å². The molecule has 10 heteroatoms. The Hall–Kier alpha value is -1.62. The Morgan fingerprint density at radius 3 is 2.48 bits per heavy atom. The molecule has 1 aromatic carbocycles. The first-order chi connectivity index (χ1) is 12.8. The number of ether oxygens (including phenoxy) is 2. The summed E-state index contributed by atoms with van der Waals surface area (Å²) in [4.78, 5) is 0.799. The normalized spacial score (nSPS) is 20.7. The van der Waals surface area contributed by atoms with E-state index in [0.717, 1.165) is 4.88 Å². The van der Waals surface area contributed by atoms with Gasteiger partial charge in [-0.05, 0) is 30.0 Å². The zero-order chi connectivity index (χ0) is 19.7. The molecule has 0 bridgehead atoms. The Labute approximate surface area is 163 Å². The number of rotatable bonds is 5. The molecule has 148 valence electrons. The van der Waals surface area contributed by atoms with Crippen molar-refractivity contribution in [3.8, 4) is 11.5 Å². The molecule has 1 aromatic heterocycles. The third-order valence-corrected chi connectivity index (χ3v) is 9.69. The van der Waals surface area contributed by atoms with Gasteiger partial charge in [-0.15, -0.1) is 11.3 Å². The summed E-state index contributed by atoms with van der Waals surface area (Å²) in [7, 11) is -4.37. The molecule has 2 heterocycles. The highest BCUT2D eigenvalue weighted by molar-refractivity contribution is 7.92. The number of benzene rings is 1. The summed E-state index contributed by atoms with van der Waals surface area (Å²) in [6.07, 6.45) is 0.232. The predicted octanol–water partition coefficient (Wildman–Crippen LogP) is 2.32. The highest BCUT2D eigenvalue weighted by Crippen LogP contribution is 2.35. The van der Waals surface area contributed by atoms with Crippen molar-refractivity contribution >= 4 is 31.2 Å². The first-order valence-electron chi connectivity index (χ1n) is 8.27. The number of hydrogen-bond acceptors (Lipinski definition) is 7. The zero-order valence-corrected chi connectivity index (χ0v) is 17.4. The lowest BCUT2D eigenvalue weighted by atomic mass is 10.2. The van der Waals surface area contributed by atoms with E-state index in [4.69, 9.17) is 9.47 Å². The summed E-state index contributed by atoms with van der Waals surface area (Å²) in [5, 5.41) is 1.16.